The molecule has 0 fully saturated rings. The van der Waals surface area contributed by atoms with Gasteiger partial charge in [0.15, 0.2) is 0 Å². The number of aryl methyl sites for hydroxylation is 2. The second kappa shape index (κ2) is 13.3. The van der Waals surface area contributed by atoms with E-state index in [0.717, 1.165) is 16.9 Å². The number of esters is 1. The van der Waals surface area contributed by atoms with E-state index in [9.17, 15) is 4.79 Å². The molecule has 0 aliphatic heterocycles. The number of hydrogen-bond donors (Lipinski definition) is 0. The molecular formula is C35H39NO3. The Hall–Kier alpha value is -3.89. The molecule has 0 heterocycles. The van der Waals surface area contributed by atoms with Gasteiger partial charge in [0.25, 0.3) is 0 Å². The summed E-state index contributed by atoms with van der Waals surface area (Å²) in [5.74, 6) is 0.559. The lowest BCUT2D eigenvalue weighted by atomic mass is 9.90. The topological polar surface area (TPSA) is 38.8 Å². The van der Waals surface area contributed by atoms with Crippen molar-refractivity contribution in [3.63, 3.8) is 0 Å². The van der Waals surface area contributed by atoms with Gasteiger partial charge in [0.2, 0.25) is 0 Å². The van der Waals surface area contributed by atoms with Crippen molar-refractivity contribution in [2.24, 2.45) is 0 Å². The monoisotopic (exact) mass is 521 g/mol. The van der Waals surface area contributed by atoms with Crippen LogP contribution in [0.5, 0.6) is 5.75 Å². The zero-order valence-corrected chi connectivity index (χ0v) is 23.7. The molecule has 0 aromatic heterocycles. The second-order valence-corrected chi connectivity index (χ2v) is 10.0. The Labute approximate surface area is 233 Å². The van der Waals surface area contributed by atoms with Crippen LogP contribution in [0.2, 0.25) is 0 Å². The molecule has 4 aromatic rings. The zero-order valence-electron chi connectivity index (χ0n) is 23.7. The lowest BCUT2D eigenvalue weighted by Crippen LogP contribution is -2.33. The van der Waals surface area contributed by atoms with Gasteiger partial charge >= 0.3 is 5.97 Å². The van der Waals surface area contributed by atoms with Crippen molar-refractivity contribution in [3.8, 4) is 16.9 Å². The maximum absolute atomic E-state index is 13.1. The summed E-state index contributed by atoms with van der Waals surface area (Å²) in [5, 5.41) is 0. The first-order chi connectivity index (χ1) is 18.9. The zero-order chi connectivity index (χ0) is 27.8. The Morgan fingerprint density at radius 1 is 0.821 bits per heavy atom. The molecule has 0 spiro atoms. The normalized spacial score (nSPS) is 12.7. The van der Waals surface area contributed by atoms with E-state index < -0.39 is 0 Å². The number of benzene rings is 4. The average molecular weight is 522 g/mol. The molecule has 0 radical (unpaired) electrons. The minimum Gasteiger partial charge on any atom is -0.497 e. The van der Waals surface area contributed by atoms with Crippen molar-refractivity contribution >= 4 is 5.97 Å². The maximum atomic E-state index is 13.1. The Bertz CT molecular complexity index is 1350. The van der Waals surface area contributed by atoms with E-state index in [-0.39, 0.29) is 24.5 Å². The SMILES string of the molecule is CCOC(=O)CC(c1cc(OC)cc(-c2c(C)cccc2C)c1)N(Cc1ccccc1)C(C)c1ccccc1. The summed E-state index contributed by atoms with van der Waals surface area (Å²) < 4.78 is 11.3. The average Bonchev–Trinajstić information content (AvgIpc) is 2.95. The minimum atomic E-state index is -0.238. The Kier molecular flexibility index (Phi) is 9.56. The van der Waals surface area contributed by atoms with Crippen molar-refractivity contribution in [2.75, 3.05) is 13.7 Å². The first-order valence-corrected chi connectivity index (χ1v) is 13.7. The summed E-state index contributed by atoms with van der Waals surface area (Å²) in [4.78, 5) is 15.5. The van der Waals surface area contributed by atoms with Crippen LogP contribution in [-0.4, -0.2) is 24.6 Å². The highest BCUT2D eigenvalue weighted by Gasteiger charge is 2.30. The predicted molar refractivity (Wildman–Crippen MR) is 159 cm³/mol. The Morgan fingerprint density at radius 2 is 1.46 bits per heavy atom. The van der Waals surface area contributed by atoms with Crippen LogP contribution in [0.1, 0.15) is 60.2 Å². The van der Waals surface area contributed by atoms with E-state index in [1.165, 1.54) is 27.8 Å². The summed E-state index contributed by atoms with van der Waals surface area (Å²) in [6.07, 6.45) is 0.233. The third-order valence-corrected chi connectivity index (χ3v) is 7.37. The highest BCUT2D eigenvalue weighted by atomic mass is 16.5. The minimum absolute atomic E-state index is 0.0423. The molecule has 202 valence electrons. The standard InChI is InChI=1S/C35H39NO3/c1-6-39-34(37)23-33(30-20-31(22-32(21-30)38-5)35-25(2)14-13-15-26(35)3)36(24-28-16-9-7-10-17-28)27(4)29-18-11-8-12-19-29/h7-22,27,33H,6,23-24H2,1-5H3. The van der Waals surface area contributed by atoms with Gasteiger partial charge in [0, 0.05) is 18.6 Å². The first kappa shape index (κ1) is 28.1. The third kappa shape index (κ3) is 6.96. The van der Waals surface area contributed by atoms with E-state index in [1.54, 1.807) is 7.11 Å². The molecule has 39 heavy (non-hydrogen) atoms. The van der Waals surface area contributed by atoms with Crippen molar-refractivity contribution < 1.29 is 14.3 Å². The molecule has 0 saturated heterocycles. The van der Waals surface area contributed by atoms with Gasteiger partial charge < -0.3 is 9.47 Å². The van der Waals surface area contributed by atoms with Gasteiger partial charge in [0.05, 0.1) is 20.1 Å². The van der Waals surface area contributed by atoms with Gasteiger partial charge in [-0.3, -0.25) is 9.69 Å². The van der Waals surface area contributed by atoms with Gasteiger partial charge in [0.1, 0.15) is 5.75 Å². The van der Waals surface area contributed by atoms with Crippen molar-refractivity contribution in [2.45, 2.75) is 52.7 Å². The molecule has 0 aliphatic rings. The number of ether oxygens (including phenoxy) is 2. The van der Waals surface area contributed by atoms with Crippen molar-refractivity contribution in [1.29, 1.82) is 0 Å². The van der Waals surface area contributed by atoms with E-state index in [0.29, 0.717) is 13.2 Å². The van der Waals surface area contributed by atoms with E-state index in [4.69, 9.17) is 9.47 Å². The number of hydrogen-bond acceptors (Lipinski definition) is 4. The van der Waals surface area contributed by atoms with Crippen LogP contribution in [0, 0.1) is 13.8 Å². The summed E-state index contributed by atoms with van der Waals surface area (Å²) in [7, 11) is 1.70. The number of nitrogens with zero attached hydrogens (tertiary/aromatic N) is 1. The lowest BCUT2D eigenvalue weighted by molar-refractivity contribution is -0.145. The molecular weight excluding hydrogens is 482 g/mol. The molecule has 0 amide bonds. The third-order valence-electron chi connectivity index (χ3n) is 7.37. The first-order valence-electron chi connectivity index (χ1n) is 13.7. The quantitative estimate of drug-likeness (QED) is 0.186. The van der Waals surface area contributed by atoms with Gasteiger partial charge in [-0.25, -0.2) is 0 Å². The number of methoxy groups -OCH3 is 1. The summed E-state index contributed by atoms with van der Waals surface area (Å²) in [6.45, 7) is 9.36. The number of carbonyl (C=O) groups excluding carboxylic acids is 1. The fourth-order valence-electron chi connectivity index (χ4n) is 5.39. The number of carbonyl (C=O) groups is 1. The summed E-state index contributed by atoms with van der Waals surface area (Å²) in [6, 6.07) is 33.4. The summed E-state index contributed by atoms with van der Waals surface area (Å²) in [5.41, 5.74) is 8.09. The highest BCUT2D eigenvalue weighted by Crippen LogP contribution is 2.39. The van der Waals surface area contributed by atoms with Gasteiger partial charge in [-0.2, -0.15) is 0 Å². The smallest absolute Gasteiger partial charge is 0.307 e. The van der Waals surface area contributed by atoms with E-state index >= 15 is 0 Å². The molecule has 4 aromatic carbocycles. The van der Waals surface area contributed by atoms with E-state index in [1.807, 2.05) is 19.1 Å². The van der Waals surface area contributed by atoms with Crippen LogP contribution < -0.4 is 4.74 Å². The molecule has 2 unspecified atom stereocenters. The molecule has 0 bridgehead atoms. The van der Waals surface area contributed by atoms with Crippen LogP contribution in [0.3, 0.4) is 0 Å². The maximum Gasteiger partial charge on any atom is 0.307 e. The van der Waals surface area contributed by atoms with Crippen LogP contribution in [-0.2, 0) is 16.1 Å². The molecule has 0 aliphatic carbocycles. The van der Waals surface area contributed by atoms with Crippen molar-refractivity contribution in [1.82, 2.24) is 4.90 Å². The van der Waals surface area contributed by atoms with E-state index in [2.05, 4.69) is 111 Å². The van der Waals surface area contributed by atoms with Crippen molar-refractivity contribution in [3.05, 3.63) is 125 Å². The van der Waals surface area contributed by atoms with Gasteiger partial charge in [-0.05, 0) is 84.8 Å². The van der Waals surface area contributed by atoms with Crippen LogP contribution in [0.15, 0.2) is 97.1 Å². The molecule has 4 rings (SSSR count). The number of rotatable bonds is 11. The molecule has 4 nitrogen and oxygen atoms in total. The highest BCUT2D eigenvalue weighted by molar-refractivity contribution is 5.74. The van der Waals surface area contributed by atoms with Crippen LogP contribution in [0.25, 0.3) is 11.1 Å². The Balaban J connectivity index is 1.89. The fourth-order valence-corrected chi connectivity index (χ4v) is 5.39. The molecule has 0 saturated carbocycles. The largest absolute Gasteiger partial charge is 0.497 e. The lowest BCUT2D eigenvalue weighted by Gasteiger charge is -2.37. The molecule has 4 heteroatoms. The van der Waals surface area contributed by atoms with Gasteiger partial charge in [-0.15, -0.1) is 0 Å². The molecule has 0 N–H and O–H groups in total. The fraction of sp³-hybridized carbons (Fsp3) is 0.286. The summed E-state index contributed by atoms with van der Waals surface area (Å²) >= 11 is 0. The molecule has 2 atom stereocenters. The van der Waals surface area contributed by atoms with Crippen LogP contribution in [0.4, 0.5) is 0 Å². The van der Waals surface area contributed by atoms with Gasteiger partial charge in [-0.1, -0.05) is 78.9 Å². The second-order valence-electron chi connectivity index (χ2n) is 10.0. The van der Waals surface area contributed by atoms with Crippen LogP contribution >= 0.6 is 0 Å². The Morgan fingerprint density at radius 3 is 2.08 bits per heavy atom. The predicted octanol–water partition coefficient (Wildman–Crippen LogP) is 8.24.